The molecule has 1 rings (SSSR count). The first-order valence-corrected chi connectivity index (χ1v) is 5.66. The van der Waals surface area contributed by atoms with Crippen molar-refractivity contribution in [2.24, 2.45) is 5.92 Å². The molecule has 0 spiro atoms. The first-order valence-electron chi connectivity index (χ1n) is 5.66. The number of carboxylic acids is 1. The molecule has 0 aromatic heterocycles. The van der Waals surface area contributed by atoms with Gasteiger partial charge in [-0.15, -0.1) is 0 Å². The van der Waals surface area contributed by atoms with Gasteiger partial charge in [-0.2, -0.15) is 0 Å². The largest absolute Gasteiger partial charge is 0.478 e. The van der Waals surface area contributed by atoms with Gasteiger partial charge in [-0.25, -0.2) is 9.18 Å². The van der Waals surface area contributed by atoms with Gasteiger partial charge in [0.15, 0.2) is 0 Å². The number of hydrogen-bond donors (Lipinski definition) is 1. The first-order chi connectivity index (χ1) is 8.73. The minimum atomic E-state index is -1.45. The summed E-state index contributed by atoms with van der Waals surface area (Å²) in [7, 11) is 1.60. The zero-order chi connectivity index (χ0) is 14.7. The molecule has 0 saturated heterocycles. The highest BCUT2D eigenvalue weighted by Crippen LogP contribution is 2.30. The number of nitrogens with zero attached hydrogens (tertiary/aromatic N) is 2. The third-order valence-corrected chi connectivity index (χ3v) is 2.54. The summed E-state index contributed by atoms with van der Waals surface area (Å²) in [5, 5.41) is 19.8. The summed E-state index contributed by atoms with van der Waals surface area (Å²) in [6, 6.07) is 1.65. The van der Waals surface area contributed by atoms with E-state index in [1.165, 1.54) is 0 Å². The van der Waals surface area contributed by atoms with Gasteiger partial charge in [-0.3, -0.25) is 10.1 Å². The van der Waals surface area contributed by atoms with E-state index in [1.807, 2.05) is 13.8 Å². The molecule has 7 heteroatoms. The predicted molar refractivity (Wildman–Crippen MR) is 68.1 cm³/mol. The number of anilines is 1. The van der Waals surface area contributed by atoms with Crippen LogP contribution in [-0.4, -0.2) is 29.6 Å². The van der Waals surface area contributed by atoms with Gasteiger partial charge < -0.3 is 10.0 Å². The molecule has 0 aliphatic carbocycles. The summed E-state index contributed by atoms with van der Waals surface area (Å²) in [6.45, 7) is 4.33. The Morgan fingerprint density at radius 1 is 1.53 bits per heavy atom. The Balaban J connectivity index is 3.37. The van der Waals surface area contributed by atoms with Crippen LogP contribution in [0.3, 0.4) is 0 Å². The molecule has 0 aliphatic rings. The summed E-state index contributed by atoms with van der Waals surface area (Å²) in [5.41, 5.74) is -0.917. The summed E-state index contributed by atoms with van der Waals surface area (Å²) >= 11 is 0. The molecule has 19 heavy (non-hydrogen) atoms. The third-order valence-electron chi connectivity index (χ3n) is 2.54. The molecule has 0 radical (unpaired) electrons. The van der Waals surface area contributed by atoms with E-state index in [4.69, 9.17) is 5.11 Å². The normalized spacial score (nSPS) is 10.6. The average Bonchev–Trinajstić information content (AvgIpc) is 2.26. The van der Waals surface area contributed by atoms with Gasteiger partial charge in [0.05, 0.1) is 16.6 Å². The summed E-state index contributed by atoms with van der Waals surface area (Å²) < 4.78 is 13.5. The molecule has 6 nitrogen and oxygen atoms in total. The molecular formula is C12H15FN2O4. The molecular weight excluding hydrogens is 255 g/mol. The third kappa shape index (κ3) is 3.40. The van der Waals surface area contributed by atoms with E-state index in [9.17, 15) is 19.3 Å². The fraction of sp³-hybridized carbons (Fsp3) is 0.417. The summed E-state index contributed by atoms with van der Waals surface area (Å²) in [4.78, 5) is 22.6. The van der Waals surface area contributed by atoms with Gasteiger partial charge in [0.25, 0.3) is 5.69 Å². The van der Waals surface area contributed by atoms with Crippen LogP contribution in [-0.2, 0) is 0 Å². The van der Waals surface area contributed by atoms with E-state index >= 15 is 0 Å². The lowest BCUT2D eigenvalue weighted by molar-refractivity contribution is -0.384. The Morgan fingerprint density at radius 3 is 2.53 bits per heavy atom. The molecule has 104 valence electrons. The smallest absolute Gasteiger partial charge is 0.338 e. The Kier molecular flexibility index (Phi) is 4.42. The summed E-state index contributed by atoms with van der Waals surface area (Å²) in [6.07, 6.45) is 0. The number of rotatable bonds is 5. The van der Waals surface area contributed by atoms with Crippen molar-refractivity contribution in [3.63, 3.8) is 0 Å². The van der Waals surface area contributed by atoms with E-state index in [2.05, 4.69) is 0 Å². The van der Waals surface area contributed by atoms with Crippen LogP contribution >= 0.6 is 0 Å². The van der Waals surface area contributed by atoms with E-state index in [0.717, 1.165) is 6.07 Å². The average molecular weight is 270 g/mol. The molecule has 0 aliphatic heterocycles. The number of carbonyl (C=O) groups is 1. The van der Waals surface area contributed by atoms with Crippen molar-refractivity contribution in [3.8, 4) is 0 Å². The molecule has 1 aromatic carbocycles. The van der Waals surface area contributed by atoms with E-state index < -0.39 is 28.0 Å². The highest BCUT2D eigenvalue weighted by molar-refractivity contribution is 5.90. The number of nitro benzene ring substituents is 1. The number of aromatic carboxylic acids is 1. The van der Waals surface area contributed by atoms with Crippen LogP contribution in [0.2, 0.25) is 0 Å². The van der Waals surface area contributed by atoms with Crippen molar-refractivity contribution >= 4 is 17.3 Å². The number of hydrogen-bond acceptors (Lipinski definition) is 4. The molecule has 0 amide bonds. The second-order valence-electron chi connectivity index (χ2n) is 4.66. The lowest BCUT2D eigenvalue weighted by atomic mass is 10.1. The van der Waals surface area contributed by atoms with Crippen LogP contribution in [0.5, 0.6) is 0 Å². The van der Waals surface area contributed by atoms with Crippen molar-refractivity contribution in [1.82, 2.24) is 0 Å². The Hall–Kier alpha value is -2.18. The van der Waals surface area contributed by atoms with Gasteiger partial charge in [0.1, 0.15) is 11.5 Å². The number of nitro groups is 1. The highest BCUT2D eigenvalue weighted by Gasteiger charge is 2.24. The quantitative estimate of drug-likeness (QED) is 0.656. The number of carboxylic acid groups (broad SMARTS) is 1. The van der Waals surface area contributed by atoms with E-state index in [1.54, 1.807) is 11.9 Å². The van der Waals surface area contributed by atoms with Crippen LogP contribution in [0.4, 0.5) is 15.8 Å². The molecule has 1 aromatic rings. The van der Waals surface area contributed by atoms with Crippen molar-refractivity contribution in [3.05, 3.63) is 33.6 Å². The predicted octanol–water partition coefficient (Wildman–Crippen LogP) is 2.52. The molecule has 1 N–H and O–H groups in total. The zero-order valence-corrected chi connectivity index (χ0v) is 10.9. The monoisotopic (exact) mass is 270 g/mol. The Morgan fingerprint density at radius 2 is 2.11 bits per heavy atom. The van der Waals surface area contributed by atoms with Gasteiger partial charge in [-0.05, 0) is 12.0 Å². The molecule has 0 atom stereocenters. The standard InChI is InChI=1S/C12H15FN2O4/c1-7(2)6-14(3)10-4-8(12(16)17)9(13)5-11(10)15(18)19/h4-5,7H,6H2,1-3H3,(H,16,17). The minimum absolute atomic E-state index is 0.0949. The van der Waals surface area contributed by atoms with Crippen molar-refractivity contribution in [2.75, 3.05) is 18.5 Å². The van der Waals surface area contributed by atoms with Crippen LogP contribution < -0.4 is 4.90 Å². The maximum atomic E-state index is 13.5. The second-order valence-corrected chi connectivity index (χ2v) is 4.66. The highest BCUT2D eigenvalue weighted by atomic mass is 19.1. The maximum absolute atomic E-state index is 13.5. The summed E-state index contributed by atoms with van der Waals surface area (Å²) in [5.74, 6) is -2.34. The van der Waals surface area contributed by atoms with Gasteiger partial charge >= 0.3 is 5.97 Å². The van der Waals surface area contributed by atoms with Crippen molar-refractivity contribution in [1.29, 1.82) is 0 Å². The fourth-order valence-corrected chi connectivity index (χ4v) is 1.81. The van der Waals surface area contributed by atoms with Gasteiger partial charge in [-0.1, -0.05) is 13.8 Å². The lowest BCUT2D eigenvalue weighted by Gasteiger charge is -2.21. The number of benzene rings is 1. The SMILES string of the molecule is CC(C)CN(C)c1cc(C(=O)O)c(F)cc1[N+](=O)[O-]. The van der Waals surface area contributed by atoms with Crippen LogP contribution in [0.15, 0.2) is 12.1 Å². The first kappa shape index (κ1) is 14.9. The van der Waals surface area contributed by atoms with Gasteiger partial charge in [0, 0.05) is 13.6 Å². The number of halogens is 1. The fourth-order valence-electron chi connectivity index (χ4n) is 1.81. The molecule has 0 fully saturated rings. The maximum Gasteiger partial charge on any atom is 0.338 e. The van der Waals surface area contributed by atoms with Crippen LogP contribution in [0.25, 0.3) is 0 Å². The Labute approximate surface area is 109 Å². The molecule has 0 saturated carbocycles. The van der Waals surface area contributed by atoms with Crippen molar-refractivity contribution in [2.45, 2.75) is 13.8 Å². The van der Waals surface area contributed by atoms with E-state index in [-0.39, 0.29) is 11.6 Å². The van der Waals surface area contributed by atoms with Crippen LogP contribution in [0, 0.1) is 21.8 Å². The zero-order valence-electron chi connectivity index (χ0n) is 10.9. The Bertz CT molecular complexity index is 517. The molecule has 0 heterocycles. The van der Waals surface area contributed by atoms with Crippen molar-refractivity contribution < 1.29 is 19.2 Å². The van der Waals surface area contributed by atoms with Gasteiger partial charge in [0.2, 0.25) is 0 Å². The minimum Gasteiger partial charge on any atom is -0.478 e. The lowest BCUT2D eigenvalue weighted by Crippen LogP contribution is -2.24. The second kappa shape index (κ2) is 5.64. The topological polar surface area (TPSA) is 83.7 Å². The van der Waals surface area contributed by atoms with Crippen LogP contribution in [0.1, 0.15) is 24.2 Å². The molecule has 0 bridgehead atoms. The molecule has 0 unspecified atom stereocenters. The van der Waals surface area contributed by atoms with E-state index in [0.29, 0.717) is 12.6 Å².